The first-order valence-corrected chi connectivity index (χ1v) is 34.1. The average molecular weight is 1450 g/mol. The molecule has 0 unspecified atom stereocenters. The quantitative estimate of drug-likeness (QED) is 0.0327. The molecule has 92 heavy (non-hydrogen) atoms. The van der Waals surface area contributed by atoms with E-state index in [2.05, 4.69) is 87.1 Å². The van der Waals surface area contributed by atoms with Crippen molar-refractivity contribution in [1.82, 2.24) is 98.9 Å². The van der Waals surface area contributed by atoms with Crippen molar-refractivity contribution < 1.29 is 38.2 Å². The molecular weight excluding hydrogens is 1410 g/mol. The molecule has 2 aliphatic rings. The molecule has 0 saturated carbocycles. The summed E-state index contributed by atoms with van der Waals surface area (Å²) in [5, 5.41) is -0.564. The van der Waals surface area contributed by atoms with E-state index in [-0.39, 0.29) is 172 Å². The maximum atomic E-state index is 14.1. The summed E-state index contributed by atoms with van der Waals surface area (Å²) in [6.45, 7) is 6.93. The molecular formula is C50H43Cl6N23O9S4. The van der Waals surface area contributed by atoms with Gasteiger partial charge in [-0.05, 0) is 142 Å². The van der Waals surface area contributed by atoms with Gasteiger partial charge in [-0.15, -0.1) is 0 Å². The summed E-state index contributed by atoms with van der Waals surface area (Å²) < 4.78 is 127. The number of benzene rings is 2. The third-order valence-corrected chi connectivity index (χ3v) is 19.3. The monoisotopic (exact) mass is 1450 g/mol. The molecule has 0 radical (unpaired) electrons. The molecule has 8 bridgehead atoms. The lowest BCUT2D eigenvalue weighted by atomic mass is 10.1. The number of aromatic nitrogens is 17. The van der Waals surface area contributed by atoms with Gasteiger partial charge in [-0.3, -0.25) is 4.55 Å². The van der Waals surface area contributed by atoms with Gasteiger partial charge in [-0.1, -0.05) is 13.2 Å². The number of likely N-dealkylation sites (N-methyl/N-ethyl adjacent to an activating group) is 3. The number of sulfonamides is 3. The number of hydrogen-bond donors (Lipinski definition) is 6. The zero-order chi connectivity index (χ0) is 66.2. The average Bonchev–Trinajstić information content (AvgIpc) is 1.63. The van der Waals surface area contributed by atoms with E-state index in [1.807, 2.05) is 0 Å². The smallest absolute Gasteiger partial charge is 0.294 e. The summed E-state index contributed by atoms with van der Waals surface area (Å²) in [6.07, 6.45) is 5.82. The summed E-state index contributed by atoms with van der Waals surface area (Å²) in [7, 11) is -13.1. The number of rotatable bonds is 23. The summed E-state index contributed by atoms with van der Waals surface area (Å²) in [5.74, 6) is -0.192. The van der Waals surface area contributed by atoms with E-state index in [4.69, 9.17) is 94.5 Å². The van der Waals surface area contributed by atoms with E-state index in [1.165, 1.54) is 69.3 Å². The van der Waals surface area contributed by atoms with Gasteiger partial charge in [0.05, 0.1) is 19.6 Å². The molecule has 2 aliphatic heterocycles. The molecule has 0 saturated heterocycles. The number of anilines is 3. The molecule has 0 fully saturated rings. The molecule has 0 spiro atoms. The van der Waals surface area contributed by atoms with Crippen molar-refractivity contribution in [1.29, 1.82) is 0 Å². The normalized spacial score (nSPS) is 12.9. The lowest BCUT2D eigenvalue weighted by Gasteiger charge is -2.17. The van der Waals surface area contributed by atoms with E-state index >= 15 is 0 Å². The summed E-state index contributed by atoms with van der Waals surface area (Å²) >= 11 is 35.7. The van der Waals surface area contributed by atoms with Gasteiger partial charge in [0.2, 0.25) is 79.6 Å². The first kappa shape index (κ1) is 67.0. The number of allylic oxidation sites excluding steroid dienone is 4. The van der Waals surface area contributed by atoms with Crippen LogP contribution in [0.2, 0.25) is 31.7 Å². The highest BCUT2D eigenvalue weighted by molar-refractivity contribution is 7.93. The Hall–Kier alpha value is -7.95. The molecule has 6 N–H and O–H groups in total. The van der Waals surface area contributed by atoms with Gasteiger partial charge in [0, 0.05) is 93.4 Å². The molecule has 0 aliphatic carbocycles. The van der Waals surface area contributed by atoms with Gasteiger partial charge in [0.1, 0.15) is 22.6 Å². The minimum Gasteiger partial charge on any atom is -0.342 e. The van der Waals surface area contributed by atoms with E-state index < -0.39 is 50.0 Å². The Morgan fingerprint density at radius 2 is 1.03 bits per heavy atom. The van der Waals surface area contributed by atoms with Gasteiger partial charge in [-0.2, -0.15) is 53.3 Å². The Morgan fingerprint density at radius 3 is 1.57 bits per heavy atom. The van der Waals surface area contributed by atoms with Gasteiger partial charge in [0.15, 0.2) is 23.3 Å². The molecule has 2 aromatic carbocycles. The topological polar surface area (TPSA) is 428 Å². The summed E-state index contributed by atoms with van der Waals surface area (Å²) in [6, 6.07) is 9.49. The molecule has 0 amide bonds. The molecule has 32 nitrogen and oxygen atoms in total. The number of halogens is 6. The van der Waals surface area contributed by atoms with Crippen LogP contribution in [0.3, 0.4) is 0 Å². The third-order valence-electron chi connectivity index (χ3n) is 13.0. The fourth-order valence-electron chi connectivity index (χ4n) is 8.53. The molecule has 42 heteroatoms. The van der Waals surface area contributed by atoms with Crippen LogP contribution in [0.5, 0.6) is 0 Å². The largest absolute Gasteiger partial charge is 0.342 e. The Balaban J connectivity index is 1.09. The third kappa shape index (κ3) is 15.6. The molecule has 478 valence electrons. The second-order valence-corrected chi connectivity index (χ2v) is 28.1. The molecule has 0 atom stereocenters. The fourth-order valence-corrected chi connectivity index (χ4v) is 13.0. The number of H-pyrrole nitrogens is 2. The fraction of sp³-hybridized carbons (Fsp3) is 0.180. The van der Waals surface area contributed by atoms with Crippen LogP contribution >= 0.6 is 69.6 Å². The number of nitrogens with one attached hydrogen (secondary N) is 5. The van der Waals surface area contributed by atoms with Gasteiger partial charge in [-0.25, -0.2) is 69.3 Å². The molecule has 6 aromatic heterocycles. The highest BCUT2D eigenvalue weighted by Gasteiger charge is 2.26. The van der Waals surface area contributed by atoms with Crippen LogP contribution in [0.15, 0.2) is 93.5 Å². The maximum absolute atomic E-state index is 14.1. The van der Waals surface area contributed by atoms with Crippen molar-refractivity contribution in [2.24, 2.45) is 0 Å². The Morgan fingerprint density at radius 1 is 0.543 bits per heavy atom. The lowest BCUT2D eigenvalue weighted by Crippen LogP contribution is -2.34. The summed E-state index contributed by atoms with van der Waals surface area (Å²) in [4.78, 5) is 72.9. The Kier molecular flexibility index (Phi) is 19.6. The van der Waals surface area contributed by atoms with Gasteiger partial charge < -0.3 is 24.7 Å². The minimum atomic E-state index is -4.91. The number of aromatic amines is 2. The standard InChI is InChI=1S/C50H43Cl6N23O9S4/c1-6-27(92(86,87)88)19-26-21-35-61-37(26)64-36-25(8-7-24(2)89(80,81)57-13-16-77(3)48-71-42(51)68-43(52)72-48)20-34(60-36)62-38-30-11-9-29(91(84,85)59-15-18-79(5)50-75-46(55)70-47(56)76-50)23-33(30)41(65-38)67-39-31-12-10-28(22-32(31)40(63-35)66-39)90(82,83)58-14-17-78(4)49-73-44(53)69-45(54)74-49/h6-12,19-23,57-59H,1-2,13-18H2,3-5H3,(H,86,87,88)(H2,60,61,62,63,64,65,66,67)/b8-7-,27-19+. The van der Waals surface area contributed by atoms with E-state index in [1.54, 1.807) is 21.1 Å². The van der Waals surface area contributed by atoms with Crippen molar-refractivity contribution in [3.05, 3.63) is 133 Å². The van der Waals surface area contributed by atoms with Crippen molar-refractivity contribution in [2.45, 2.75) is 9.79 Å². The summed E-state index contributed by atoms with van der Waals surface area (Å²) in [5.41, 5.74) is 0.279. The van der Waals surface area contributed by atoms with Crippen molar-refractivity contribution in [3.8, 4) is 22.8 Å². The van der Waals surface area contributed by atoms with Crippen molar-refractivity contribution in [2.75, 3.05) is 75.1 Å². The Bertz CT molecular complexity index is 5060. The van der Waals surface area contributed by atoms with Crippen LogP contribution in [-0.4, -0.2) is 183 Å². The first-order valence-electron chi connectivity index (χ1n) is 26.0. The van der Waals surface area contributed by atoms with Crippen LogP contribution in [-0.2, 0) is 40.2 Å². The minimum absolute atomic E-state index is 0.00478. The molecule has 10 rings (SSSR count). The first-order chi connectivity index (χ1) is 43.4. The second-order valence-electron chi connectivity index (χ2n) is 19.3. The van der Waals surface area contributed by atoms with Crippen LogP contribution in [0.4, 0.5) is 17.8 Å². The number of nitrogens with zero attached hydrogens (tertiary/aromatic N) is 18. The Labute approximate surface area is 552 Å². The zero-order valence-electron chi connectivity index (χ0n) is 47.2. The van der Waals surface area contributed by atoms with Crippen LogP contribution in [0.25, 0.3) is 73.9 Å². The number of fused-ring (bicyclic) bond motifs is 14. The van der Waals surface area contributed by atoms with E-state index in [0.29, 0.717) is 5.39 Å². The van der Waals surface area contributed by atoms with Crippen LogP contribution in [0.1, 0.15) is 17.2 Å². The maximum Gasteiger partial charge on any atom is 0.294 e. The highest BCUT2D eigenvalue weighted by Crippen LogP contribution is 2.37. The van der Waals surface area contributed by atoms with E-state index in [0.717, 1.165) is 18.2 Å². The van der Waals surface area contributed by atoms with Crippen LogP contribution < -0.4 is 28.9 Å². The zero-order valence-corrected chi connectivity index (χ0v) is 55.1. The lowest BCUT2D eigenvalue weighted by molar-refractivity contribution is 0.492. The highest BCUT2D eigenvalue weighted by atomic mass is 35.5. The van der Waals surface area contributed by atoms with Crippen molar-refractivity contribution in [3.63, 3.8) is 0 Å². The van der Waals surface area contributed by atoms with E-state index in [9.17, 15) is 38.2 Å². The predicted octanol–water partition coefficient (Wildman–Crippen LogP) is 5.77. The SMILES string of the molecule is C=C/C(=C\c1cc2nc3nc(nc4[nH]c(nc5nc(nc1[nH]2)C(/C=C\C(=C)S(=O)(=O)NCCN(C)c1nc(Cl)nc(Cl)n1)=C5)c1ccc(S(=O)(=O)NCCN(C)c2nc(Cl)nc(Cl)n2)cc41)-c1ccc(S(=O)(=O)NCCN(C)c2nc(Cl)nc(Cl)n2)cc1-3)S(=O)(=O)O. The second kappa shape index (κ2) is 26.9. The molecule has 8 heterocycles. The van der Waals surface area contributed by atoms with Gasteiger partial charge in [0.25, 0.3) is 10.1 Å². The predicted molar refractivity (Wildman–Crippen MR) is 347 cm³/mol. The van der Waals surface area contributed by atoms with Gasteiger partial charge >= 0.3 is 0 Å². The van der Waals surface area contributed by atoms with Crippen molar-refractivity contribution >= 4 is 179 Å². The molecule has 8 aromatic rings. The number of hydrogen-bond acceptors (Lipinski definition) is 26. The van der Waals surface area contributed by atoms with Crippen LogP contribution in [0, 0.1) is 0 Å².